The average molecular weight is 245 g/mol. The Kier molecular flexibility index (Phi) is 2.84. The Bertz CT molecular complexity index is 555. The van der Waals surface area contributed by atoms with Crippen LogP contribution < -0.4 is 5.32 Å². The minimum absolute atomic E-state index is 0.103. The predicted octanol–water partition coefficient (Wildman–Crippen LogP) is 1.91. The molecule has 1 N–H and O–H groups in total. The monoisotopic (exact) mass is 245 g/mol. The number of imidazole rings is 1. The molecule has 1 saturated heterocycles. The van der Waals surface area contributed by atoms with Gasteiger partial charge in [0.05, 0.1) is 18.0 Å². The van der Waals surface area contributed by atoms with Crippen molar-refractivity contribution < 1.29 is 4.74 Å². The van der Waals surface area contributed by atoms with E-state index in [1.165, 1.54) is 5.69 Å². The minimum Gasteiger partial charge on any atom is -0.379 e. The summed E-state index contributed by atoms with van der Waals surface area (Å²) in [7, 11) is 0. The van der Waals surface area contributed by atoms with Crippen LogP contribution in [0, 0.1) is 6.92 Å². The van der Waals surface area contributed by atoms with Gasteiger partial charge in [0.15, 0.2) is 0 Å². The quantitative estimate of drug-likeness (QED) is 0.897. The smallest absolute Gasteiger partial charge is 0.137 e. The molecular weight excluding hydrogens is 226 g/mol. The standard InChI is InChI=1S/C14H19N3O/c1-11-12(9-15-14(2)6-8-18-10-14)17-7-4-3-5-13(17)16-11/h3-5,7,15H,6,8-10H2,1-2H3. The van der Waals surface area contributed by atoms with E-state index >= 15 is 0 Å². The molecule has 1 aliphatic rings. The molecule has 18 heavy (non-hydrogen) atoms. The van der Waals surface area contributed by atoms with Gasteiger partial charge in [-0.1, -0.05) is 6.07 Å². The summed E-state index contributed by atoms with van der Waals surface area (Å²) in [5.41, 5.74) is 3.44. The van der Waals surface area contributed by atoms with Crippen molar-refractivity contribution in [2.24, 2.45) is 0 Å². The van der Waals surface area contributed by atoms with Crippen LogP contribution in [-0.4, -0.2) is 28.1 Å². The van der Waals surface area contributed by atoms with Crippen molar-refractivity contribution in [3.05, 3.63) is 35.8 Å². The third-order valence-electron chi connectivity index (χ3n) is 3.73. The second-order valence-corrected chi connectivity index (χ2v) is 5.29. The third-order valence-corrected chi connectivity index (χ3v) is 3.73. The largest absolute Gasteiger partial charge is 0.379 e. The zero-order valence-corrected chi connectivity index (χ0v) is 10.9. The van der Waals surface area contributed by atoms with E-state index in [0.717, 1.165) is 37.5 Å². The van der Waals surface area contributed by atoms with E-state index in [0.29, 0.717) is 0 Å². The van der Waals surface area contributed by atoms with Crippen molar-refractivity contribution in [2.75, 3.05) is 13.2 Å². The Labute approximate surface area is 107 Å². The van der Waals surface area contributed by atoms with Crippen molar-refractivity contribution in [2.45, 2.75) is 32.4 Å². The van der Waals surface area contributed by atoms with Gasteiger partial charge in [0.2, 0.25) is 0 Å². The molecule has 4 heteroatoms. The van der Waals surface area contributed by atoms with E-state index in [4.69, 9.17) is 4.74 Å². The van der Waals surface area contributed by atoms with Gasteiger partial charge in [-0.05, 0) is 32.4 Å². The van der Waals surface area contributed by atoms with E-state index in [9.17, 15) is 0 Å². The van der Waals surface area contributed by atoms with Gasteiger partial charge < -0.3 is 14.5 Å². The summed E-state index contributed by atoms with van der Waals surface area (Å²) in [6.07, 6.45) is 3.14. The first kappa shape index (κ1) is 11.7. The topological polar surface area (TPSA) is 38.6 Å². The summed E-state index contributed by atoms with van der Waals surface area (Å²) in [4.78, 5) is 4.57. The van der Waals surface area contributed by atoms with Crippen LogP contribution in [0.3, 0.4) is 0 Å². The maximum atomic E-state index is 5.46. The molecule has 2 aromatic heterocycles. The van der Waals surface area contributed by atoms with E-state index in [2.05, 4.69) is 34.7 Å². The molecule has 1 unspecified atom stereocenters. The van der Waals surface area contributed by atoms with E-state index in [1.807, 2.05) is 18.2 Å². The van der Waals surface area contributed by atoms with Gasteiger partial charge in [0.25, 0.3) is 0 Å². The lowest BCUT2D eigenvalue weighted by molar-refractivity contribution is 0.171. The van der Waals surface area contributed by atoms with Crippen molar-refractivity contribution in [1.82, 2.24) is 14.7 Å². The molecule has 0 aromatic carbocycles. The van der Waals surface area contributed by atoms with Crippen molar-refractivity contribution in [3.63, 3.8) is 0 Å². The number of nitrogens with zero attached hydrogens (tertiary/aromatic N) is 2. The lowest BCUT2D eigenvalue weighted by Crippen LogP contribution is -2.42. The molecule has 0 saturated carbocycles. The number of ether oxygens (including phenoxy) is 1. The van der Waals surface area contributed by atoms with Crippen LogP contribution in [-0.2, 0) is 11.3 Å². The van der Waals surface area contributed by atoms with Crippen LogP contribution in [0.1, 0.15) is 24.7 Å². The van der Waals surface area contributed by atoms with Gasteiger partial charge in [-0.3, -0.25) is 0 Å². The third kappa shape index (κ3) is 2.02. The summed E-state index contributed by atoms with van der Waals surface area (Å²) < 4.78 is 7.62. The first-order chi connectivity index (χ1) is 8.68. The maximum Gasteiger partial charge on any atom is 0.137 e. The number of nitrogens with one attached hydrogen (secondary N) is 1. The number of aromatic nitrogens is 2. The van der Waals surface area contributed by atoms with Crippen molar-refractivity contribution in [3.8, 4) is 0 Å². The number of hydrogen-bond donors (Lipinski definition) is 1. The van der Waals surface area contributed by atoms with E-state index < -0.39 is 0 Å². The molecule has 2 aromatic rings. The molecule has 1 fully saturated rings. The van der Waals surface area contributed by atoms with Crippen LogP contribution in [0.2, 0.25) is 0 Å². The van der Waals surface area contributed by atoms with Crippen LogP contribution in [0.15, 0.2) is 24.4 Å². The summed E-state index contributed by atoms with van der Waals surface area (Å²) in [6.45, 7) is 6.77. The van der Waals surface area contributed by atoms with Crippen LogP contribution in [0.4, 0.5) is 0 Å². The summed E-state index contributed by atoms with van der Waals surface area (Å²) >= 11 is 0. The average Bonchev–Trinajstić information content (AvgIpc) is 2.91. The fourth-order valence-corrected chi connectivity index (χ4v) is 2.48. The van der Waals surface area contributed by atoms with Crippen molar-refractivity contribution >= 4 is 5.65 Å². The second kappa shape index (κ2) is 4.37. The Balaban J connectivity index is 1.84. The molecule has 0 radical (unpaired) electrons. The molecular formula is C14H19N3O. The van der Waals surface area contributed by atoms with Crippen LogP contribution >= 0.6 is 0 Å². The fraction of sp³-hybridized carbons (Fsp3) is 0.500. The molecule has 0 spiro atoms. The Hall–Kier alpha value is -1.39. The van der Waals surface area contributed by atoms with Crippen LogP contribution in [0.5, 0.6) is 0 Å². The lowest BCUT2D eigenvalue weighted by atomic mass is 10.0. The van der Waals surface area contributed by atoms with Gasteiger partial charge in [-0.25, -0.2) is 4.98 Å². The Morgan fingerprint density at radius 3 is 3.17 bits per heavy atom. The highest BCUT2D eigenvalue weighted by Gasteiger charge is 2.29. The second-order valence-electron chi connectivity index (χ2n) is 5.29. The Morgan fingerprint density at radius 1 is 1.50 bits per heavy atom. The summed E-state index contributed by atoms with van der Waals surface area (Å²) in [6, 6.07) is 6.10. The number of fused-ring (bicyclic) bond motifs is 1. The van der Waals surface area contributed by atoms with Crippen LogP contribution in [0.25, 0.3) is 5.65 Å². The molecule has 1 aliphatic heterocycles. The Morgan fingerprint density at radius 2 is 2.39 bits per heavy atom. The molecule has 0 amide bonds. The predicted molar refractivity (Wildman–Crippen MR) is 70.6 cm³/mol. The number of rotatable bonds is 3. The molecule has 0 bridgehead atoms. The van der Waals surface area contributed by atoms with Gasteiger partial charge in [0.1, 0.15) is 5.65 Å². The maximum absolute atomic E-state index is 5.46. The summed E-state index contributed by atoms with van der Waals surface area (Å²) in [5, 5.41) is 3.61. The molecule has 0 aliphatic carbocycles. The first-order valence-electron chi connectivity index (χ1n) is 6.43. The van der Waals surface area contributed by atoms with Gasteiger partial charge in [-0.15, -0.1) is 0 Å². The highest BCUT2D eigenvalue weighted by atomic mass is 16.5. The summed E-state index contributed by atoms with van der Waals surface area (Å²) in [5.74, 6) is 0. The molecule has 4 nitrogen and oxygen atoms in total. The lowest BCUT2D eigenvalue weighted by Gasteiger charge is -2.23. The number of pyridine rings is 1. The highest BCUT2D eigenvalue weighted by Crippen LogP contribution is 2.19. The normalized spacial score (nSPS) is 23.9. The van der Waals surface area contributed by atoms with E-state index in [-0.39, 0.29) is 5.54 Å². The van der Waals surface area contributed by atoms with E-state index in [1.54, 1.807) is 0 Å². The zero-order chi connectivity index (χ0) is 12.6. The minimum atomic E-state index is 0.103. The SMILES string of the molecule is Cc1nc2ccccn2c1CNC1(C)CCOC1. The molecule has 3 heterocycles. The molecule has 96 valence electrons. The molecule has 1 atom stereocenters. The number of hydrogen-bond acceptors (Lipinski definition) is 3. The molecule has 3 rings (SSSR count). The van der Waals surface area contributed by atoms with Gasteiger partial charge in [-0.2, -0.15) is 0 Å². The fourth-order valence-electron chi connectivity index (χ4n) is 2.48. The van der Waals surface area contributed by atoms with Gasteiger partial charge >= 0.3 is 0 Å². The zero-order valence-electron chi connectivity index (χ0n) is 10.9. The van der Waals surface area contributed by atoms with Crippen molar-refractivity contribution in [1.29, 1.82) is 0 Å². The van der Waals surface area contributed by atoms with Gasteiger partial charge in [0, 0.05) is 24.9 Å². The number of aryl methyl sites for hydroxylation is 1. The first-order valence-corrected chi connectivity index (χ1v) is 6.43. The highest BCUT2D eigenvalue weighted by molar-refractivity contribution is 5.42.